The molecule has 0 saturated carbocycles. The van der Waals surface area contributed by atoms with E-state index < -0.39 is 0 Å². The topological polar surface area (TPSA) is 106 Å². The molecule has 37 heavy (non-hydrogen) atoms. The van der Waals surface area contributed by atoms with Crippen molar-refractivity contribution < 1.29 is 0 Å². The minimum atomic E-state index is 0.487. The predicted molar refractivity (Wildman–Crippen MR) is 142 cm³/mol. The van der Waals surface area contributed by atoms with Crippen molar-refractivity contribution >= 4 is 21.8 Å². The van der Waals surface area contributed by atoms with Gasteiger partial charge in [0.05, 0.1) is 22.7 Å². The van der Waals surface area contributed by atoms with Crippen molar-refractivity contribution in [1.29, 1.82) is 5.26 Å². The van der Waals surface area contributed by atoms with Crippen molar-refractivity contribution in [1.82, 2.24) is 34.5 Å². The molecule has 0 N–H and O–H groups in total. The Bertz CT molecular complexity index is 1850. The van der Waals surface area contributed by atoms with Crippen LogP contribution in [0.5, 0.6) is 0 Å². The molecule has 8 nitrogen and oxygen atoms in total. The van der Waals surface area contributed by atoms with Crippen LogP contribution >= 0.6 is 0 Å². The van der Waals surface area contributed by atoms with Gasteiger partial charge in [0, 0.05) is 27.6 Å². The molecular weight excluding hydrogens is 460 g/mol. The Kier molecular flexibility index (Phi) is 5.20. The molecule has 0 amide bonds. The molecule has 0 atom stereocenters. The van der Waals surface area contributed by atoms with Crippen molar-refractivity contribution in [2.24, 2.45) is 0 Å². The molecule has 0 aliphatic rings. The summed E-state index contributed by atoms with van der Waals surface area (Å²) in [5.41, 5.74) is 5.04. The van der Waals surface area contributed by atoms with Crippen LogP contribution in [-0.2, 0) is 0 Å². The van der Waals surface area contributed by atoms with E-state index in [1.807, 2.05) is 64.1 Å². The Hall–Kier alpha value is -5.03. The van der Waals surface area contributed by atoms with Gasteiger partial charge in [0.1, 0.15) is 23.3 Å². The van der Waals surface area contributed by atoms with Crippen molar-refractivity contribution in [3.63, 3.8) is 0 Å². The maximum atomic E-state index is 9.84. The zero-order valence-corrected chi connectivity index (χ0v) is 20.9. The quantitative estimate of drug-likeness (QED) is 0.323. The lowest BCUT2D eigenvalue weighted by molar-refractivity contribution is 0.927. The Morgan fingerprint density at radius 3 is 1.92 bits per heavy atom. The third-order valence-corrected chi connectivity index (χ3v) is 6.27. The lowest BCUT2D eigenvalue weighted by Crippen LogP contribution is -2.02. The van der Waals surface area contributed by atoms with Gasteiger partial charge >= 0.3 is 0 Å². The van der Waals surface area contributed by atoms with Crippen LogP contribution in [0.3, 0.4) is 0 Å². The second kappa shape index (κ2) is 8.57. The fourth-order valence-corrected chi connectivity index (χ4v) is 4.82. The van der Waals surface area contributed by atoms with E-state index in [1.54, 1.807) is 0 Å². The molecule has 3 aromatic carbocycles. The summed E-state index contributed by atoms with van der Waals surface area (Å²) in [7, 11) is 0. The Balaban J connectivity index is 1.64. The Morgan fingerprint density at radius 2 is 1.24 bits per heavy atom. The first-order valence-electron chi connectivity index (χ1n) is 11.9. The fraction of sp³-hybridized carbons (Fsp3) is 0.138. The van der Waals surface area contributed by atoms with Crippen LogP contribution in [0.1, 0.15) is 28.9 Å². The number of fused-ring (bicyclic) bond motifs is 3. The highest BCUT2D eigenvalue weighted by molar-refractivity contribution is 6.10. The van der Waals surface area contributed by atoms with E-state index in [-0.39, 0.29) is 0 Å². The van der Waals surface area contributed by atoms with Crippen molar-refractivity contribution in [2.75, 3.05) is 0 Å². The van der Waals surface area contributed by atoms with E-state index in [0.29, 0.717) is 46.1 Å². The molecule has 0 aliphatic heterocycles. The molecule has 0 saturated heterocycles. The molecule has 0 fully saturated rings. The SMILES string of the molecule is Cc1nc(C)nc(-c2ccc3c4ccccc4n(-c4ccc(C#N)c(-c5nc(C)nc(C)n5)c4)c3c2)n1. The van der Waals surface area contributed by atoms with Crippen molar-refractivity contribution in [2.45, 2.75) is 27.7 Å². The monoisotopic (exact) mass is 482 g/mol. The number of para-hydroxylation sites is 1. The molecule has 0 spiro atoms. The van der Waals surface area contributed by atoms with Crippen LogP contribution in [0.15, 0.2) is 60.7 Å². The van der Waals surface area contributed by atoms with E-state index in [0.717, 1.165) is 33.1 Å². The molecule has 0 radical (unpaired) electrons. The van der Waals surface area contributed by atoms with Crippen LogP contribution in [0.4, 0.5) is 0 Å². The largest absolute Gasteiger partial charge is 0.309 e. The van der Waals surface area contributed by atoms with Crippen LogP contribution in [0.2, 0.25) is 0 Å². The summed E-state index contributed by atoms with van der Waals surface area (Å²) in [5.74, 6) is 3.72. The summed E-state index contributed by atoms with van der Waals surface area (Å²) in [6.45, 7) is 7.40. The molecule has 8 heteroatoms. The van der Waals surface area contributed by atoms with Gasteiger partial charge in [0.2, 0.25) is 0 Å². The van der Waals surface area contributed by atoms with Crippen molar-refractivity contribution in [3.05, 3.63) is 89.5 Å². The number of aryl methyl sites for hydroxylation is 4. The maximum Gasteiger partial charge on any atom is 0.164 e. The molecule has 6 aromatic rings. The molecule has 0 bridgehead atoms. The van der Waals surface area contributed by atoms with Gasteiger partial charge in [0.15, 0.2) is 11.6 Å². The zero-order valence-electron chi connectivity index (χ0n) is 20.9. The van der Waals surface area contributed by atoms with Crippen LogP contribution < -0.4 is 0 Å². The molecule has 3 aromatic heterocycles. The lowest BCUT2D eigenvalue weighted by atomic mass is 10.1. The average molecular weight is 483 g/mol. The number of nitrogens with zero attached hydrogens (tertiary/aromatic N) is 8. The summed E-state index contributed by atoms with van der Waals surface area (Å²) in [6.07, 6.45) is 0. The van der Waals surface area contributed by atoms with E-state index in [9.17, 15) is 5.26 Å². The Labute approximate surface area is 213 Å². The number of hydrogen-bond acceptors (Lipinski definition) is 7. The van der Waals surface area contributed by atoms with Gasteiger partial charge in [-0.2, -0.15) is 5.26 Å². The van der Waals surface area contributed by atoms with Gasteiger partial charge in [-0.3, -0.25) is 0 Å². The van der Waals surface area contributed by atoms with Gasteiger partial charge in [0.25, 0.3) is 0 Å². The number of rotatable bonds is 3. The molecule has 0 unspecified atom stereocenters. The first kappa shape index (κ1) is 22.4. The van der Waals surface area contributed by atoms with Crippen LogP contribution in [0, 0.1) is 39.0 Å². The lowest BCUT2D eigenvalue weighted by Gasteiger charge is -2.12. The predicted octanol–water partition coefficient (Wildman–Crippen LogP) is 5.59. The average Bonchev–Trinajstić information content (AvgIpc) is 3.21. The number of hydrogen-bond donors (Lipinski definition) is 0. The highest BCUT2D eigenvalue weighted by Gasteiger charge is 2.17. The zero-order chi connectivity index (χ0) is 25.7. The Morgan fingerprint density at radius 1 is 0.622 bits per heavy atom. The summed E-state index contributed by atoms with van der Waals surface area (Å²) in [6, 6.07) is 22.6. The number of nitriles is 1. The van der Waals surface area contributed by atoms with E-state index in [2.05, 4.69) is 64.8 Å². The van der Waals surface area contributed by atoms with Gasteiger partial charge in [-0.25, -0.2) is 29.9 Å². The summed E-state index contributed by atoms with van der Waals surface area (Å²) in [5, 5.41) is 12.1. The van der Waals surface area contributed by atoms with Gasteiger partial charge in [-0.05, 0) is 58.0 Å². The molecule has 0 aliphatic carbocycles. The second-order valence-corrected chi connectivity index (χ2v) is 8.93. The highest BCUT2D eigenvalue weighted by Crippen LogP contribution is 2.35. The second-order valence-electron chi connectivity index (χ2n) is 8.93. The first-order chi connectivity index (χ1) is 17.9. The first-order valence-corrected chi connectivity index (χ1v) is 11.9. The molecular formula is C29H22N8. The number of benzene rings is 3. The smallest absolute Gasteiger partial charge is 0.164 e. The molecule has 6 rings (SSSR count). The van der Waals surface area contributed by atoms with Crippen molar-refractivity contribution in [3.8, 4) is 34.5 Å². The normalized spacial score (nSPS) is 11.2. The summed E-state index contributed by atoms with van der Waals surface area (Å²) in [4.78, 5) is 26.8. The van der Waals surface area contributed by atoms with Gasteiger partial charge < -0.3 is 4.57 Å². The number of aromatic nitrogens is 7. The van der Waals surface area contributed by atoms with E-state index >= 15 is 0 Å². The van der Waals surface area contributed by atoms with E-state index in [1.165, 1.54) is 0 Å². The molecule has 3 heterocycles. The maximum absolute atomic E-state index is 9.84. The van der Waals surface area contributed by atoms with E-state index in [4.69, 9.17) is 0 Å². The van der Waals surface area contributed by atoms with Gasteiger partial charge in [-0.15, -0.1) is 0 Å². The summed E-state index contributed by atoms with van der Waals surface area (Å²) < 4.78 is 2.20. The highest BCUT2D eigenvalue weighted by atomic mass is 15.0. The molecule has 178 valence electrons. The summed E-state index contributed by atoms with van der Waals surface area (Å²) >= 11 is 0. The third kappa shape index (κ3) is 3.87. The minimum absolute atomic E-state index is 0.487. The standard InChI is InChI=1S/C29H22N8/c1-16-31-17(2)34-28(33-16)20-10-12-24-23-7-5-6-8-26(23)37(27(24)13-20)22-11-9-21(15-30)25(14-22)29-35-18(3)32-19(4)36-29/h5-14H,1-4H3. The van der Waals surface area contributed by atoms with Crippen LogP contribution in [0.25, 0.3) is 50.3 Å². The van der Waals surface area contributed by atoms with Gasteiger partial charge in [-0.1, -0.05) is 30.3 Å². The fourth-order valence-electron chi connectivity index (χ4n) is 4.82. The minimum Gasteiger partial charge on any atom is -0.309 e. The van der Waals surface area contributed by atoms with Crippen LogP contribution in [-0.4, -0.2) is 34.5 Å². The third-order valence-electron chi connectivity index (χ3n) is 6.27.